The molecule has 0 spiro atoms. The van der Waals surface area contributed by atoms with Gasteiger partial charge in [0.1, 0.15) is 5.69 Å². The van der Waals surface area contributed by atoms with Gasteiger partial charge in [-0.25, -0.2) is 15.0 Å². The Kier molecular flexibility index (Phi) is 8.30. The Morgan fingerprint density at radius 1 is 1.28 bits per heavy atom. The normalized spacial score (nSPS) is 19.6. The van der Waals surface area contributed by atoms with Crippen LogP contribution in [-0.2, 0) is 27.4 Å². The number of aromatic nitrogens is 6. The Hall–Kier alpha value is -2.51. The van der Waals surface area contributed by atoms with Gasteiger partial charge in [-0.05, 0) is 39.7 Å². The van der Waals surface area contributed by atoms with Crippen LogP contribution in [0.5, 0.6) is 5.88 Å². The summed E-state index contributed by atoms with van der Waals surface area (Å²) in [6, 6.07) is 5.41. The summed E-state index contributed by atoms with van der Waals surface area (Å²) in [7, 11) is 3.07. The van der Waals surface area contributed by atoms with E-state index < -0.39 is 22.7 Å². The Morgan fingerprint density at radius 2 is 2.03 bits per heavy atom. The van der Waals surface area contributed by atoms with Gasteiger partial charge in [0.2, 0.25) is 5.88 Å². The lowest BCUT2D eigenvalue weighted by Crippen LogP contribution is -2.34. The van der Waals surface area contributed by atoms with E-state index in [9.17, 15) is 4.55 Å². The highest BCUT2D eigenvalue weighted by molar-refractivity contribution is 7.93. The zero-order valence-corrected chi connectivity index (χ0v) is 22.4. The third kappa shape index (κ3) is 6.06. The molecule has 0 radical (unpaired) electrons. The molecule has 0 amide bonds. The van der Waals surface area contributed by atoms with E-state index in [-0.39, 0.29) is 11.7 Å². The lowest BCUT2D eigenvalue weighted by Gasteiger charge is -2.24. The molecule has 1 N–H and O–H groups in total. The van der Waals surface area contributed by atoms with Crippen LogP contribution in [0, 0.1) is 0 Å². The first-order valence-corrected chi connectivity index (χ1v) is 13.1. The van der Waals surface area contributed by atoms with E-state index in [1.54, 1.807) is 20.1 Å². The minimum absolute atomic E-state index is 0.0547. The van der Waals surface area contributed by atoms with Gasteiger partial charge in [0, 0.05) is 25.6 Å². The van der Waals surface area contributed by atoms with Crippen LogP contribution in [0.4, 0.5) is 5.95 Å². The second-order valence-electron chi connectivity index (χ2n) is 9.08. The third-order valence-electron chi connectivity index (χ3n) is 5.96. The lowest BCUT2D eigenvalue weighted by atomic mass is 10.1. The van der Waals surface area contributed by atoms with Gasteiger partial charge in [0.15, 0.2) is 23.0 Å². The highest BCUT2D eigenvalue weighted by Crippen LogP contribution is 2.32. The fraction of sp³-hybridized carbons (Fsp3) is 0.522. The molecule has 0 aromatic carbocycles. The van der Waals surface area contributed by atoms with Gasteiger partial charge >= 0.3 is 0 Å². The van der Waals surface area contributed by atoms with Gasteiger partial charge < -0.3 is 18.8 Å². The molecule has 3 aromatic rings. The predicted octanol–water partition coefficient (Wildman–Crippen LogP) is 3.60. The Balaban J connectivity index is 1.61. The van der Waals surface area contributed by atoms with Crippen LogP contribution >= 0.6 is 11.6 Å². The van der Waals surface area contributed by atoms with Crippen molar-refractivity contribution in [3.63, 3.8) is 0 Å². The summed E-state index contributed by atoms with van der Waals surface area (Å²) in [4.78, 5) is 12.9. The fourth-order valence-corrected chi connectivity index (χ4v) is 5.15. The lowest BCUT2D eigenvalue weighted by molar-refractivity contribution is -0.0213. The van der Waals surface area contributed by atoms with Crippen LogP contribution in [0.25, 0.3) is 11.5 Å². The average molecular weight is 536 g/mol. The summed E-state index contributed by atoms with van der Waals surface area (Å²) in [6.07, 6.45) is 4.09. The first kappa shape index (κ1) is 26.6. The van der Waals surface area contributed by atoms with Crippen molar-refractivity contribution in [3.8, 4) is 17.4 Å². The van der Waals surface area contributed by atoms with E-state index in [4.69, 9.17) is 25.8 Å². The van der Waals surface area contributed by atoms with Gasteiger partial charge in [-0.15, -0.1) is 10.2 Å². The minimum Gasteiger partial charge on any atom is -0.593 e. The molecule has 3 aromatic heterocycles. The van der Waals surface area contributed by atoms with Crippen molar-refractivity contribution in [3.05, 3.63) is 41.4 Å². The maximum absolute atomic E-state index is 13.4. The summed E-state index contributed by atoms with van der Waals surface area (Å²) in [5.74, 6) is 1.69. The molecule has 1 aliphatic heterocycles. The van der Waals surface area contributed by atoms with Gasteiger partial charge in [-0.2, -0.15) is 4.72 Å². The number of halogens is 1. The number of hydrogen-bond donors (Lipinski definition) is 1. The van der Waals surface area contributed by atoms with Gasteiger partial charge in [-0.3, -0.25) is 4.57 Å². The van der Waals surface area contributed by atoms with Crippen LogP contribution in [-0.4, -0.2) is 65.4 Å². The van der Waals surface area contributed by atoms with Crippen molar-refractivity contribution in [2.45, 2.75) is 63.2 Å². The second-order valence-corrected chi connectivity index (χ2v) is 11.1. The molecule has 0 saturated carbocycles. The Morgan fingerprint density at radius 3 is 2.67 bits per heavy atom. The van der Waals surface area contributed by atoms with Gasteiger partial charge in [0.05, 0.1) is 41.7 Å². The number of nitrogens with zero attached hydrogens (tertiary/aromatic N) is 6. The molecular weight excluding hydrogens is 506 g/mol. The standard InChI is InChI=1S/C23H30ClN7O4S/c1-14(19(34-5)20-25-11-15(24)12-26-20)36(32)30-22-29-28-21(17-7-6-8-18(27-17)33-4)31(22)13-16-9-10-23(2,3)35-16/h6-8,11-12,14,16,19H,9-10,13H2,1-5H3,(H,29,30). The molecule has 194 valence electrons. The van der Waals surface area contributed by atoms with Crippen LogP contribution < -0.4 is 9.46 Å². The van der Waals surface area contributed by atoms with Crippen LogP contribution in [0.3, 0.4) is 0 Å². The topological polar surface area (TPSA) is 132 Å². The zero-order chi connectivity index (χ0) is 25.9. The maximum atomic E-state index is 13.4. The SMILES string of the molecule is COc1cccc(-c2nnc(N[S+]([O-])C(C)C(OC)c3ncc(Cl)cn3)n2CC2CCC(C)(C)O2)n1. The number of nitrogens with one attached hydrogen (secondary N) is 1. The average Bonchev–Trinajstić information content (AvgIpc) is 3.42. The molecule has 36 heavy (non-hydrogen) atoms. The maximum Gasteiger partial charge on any atom is 0.266 e. The summed E-state index contributed by atoms with van der Waals surface area (Å²) >= 11 is 4.28. The molecular formula is C23H30ClN7O4S. The van der Waals surface area contributed by atoms with E-state index in [1.807, 2.05) is 16.7 Å². The second kappa shape index (κ2) is 11.3. The summed E-state index contributed by atoms with van der Waals surface area (Å²) in [5.41, 5.74) is 0.373. The first-order valence-electron chi connectivity index (χ1n) is 11.5. The van der Waals surface area contributed by atoms with Crippen LogP contribution in [0.2, 0.25) is 5.02 Å². The van der Waals surface area contributed by atoms with Crippen molar-refractivity contribution in [1.29, 1.82) is 0 Å². The van der Waals surface area contributed by atoms with E-state index in [0.717, 1.165) is 12.8 Å². The van der Waals surface area contributed by atoms with Gasteiger partial charge in [0.25, 0.3) is 5.95 Å². The van der Waals surface area contributed by atoms with Crippen molar-refractivity contribution in [2.24, 2.45) is 0 Å². The molecule has 11 nitrogen and oxygen atoms in total. The number of ether oxygens (including phenoxy) is 3. The molecule has 13 heteroatoms. The van der Waals surface area contributed by atoms with Crippen LogP contribution in [0.15, 0.2) is 30.6 Å². The summed E-state index contributed by atoms with van der Waals surface area (Å²) < 4.78 is 35.3. The molecule has 0 aliphatic carbocycles. The summed E-state index contributed by atoms with van der Waals surface area (Å²) in [6.45, 7) is 6.39. The number of anilines is 1. The van der Waals surface area contributed by atoms with Crippen molar-refractivity contribution < 1.29 is 18.8 Å². The zero-order valence-electron chi connectivity index (χ0n) is 20.8. The monoisotopic (exact) mass is 535 g/mol. The quantitative estimate of drug-likeness (QED) is 0.384. The molecule has 4 atom stereocenters. The van der Waals surface area contributed by atoms with E-state index in [0.29, 0.717) is 40.7 Å². The Labute approximate surface area is 218 Å². The van der Waals surface area contributed by atoms with Crippen molar-refractivity contribution >= 4 is 28.9 Å². The predicted molar refractivity (Wildman–Crippen MR) is 136 cm³/mol. The summed E-state index contributed by atoms with van der Waals surface area (Å²) in [5, 5.41) is 8.54. The molecule has 1 aliphatic rings. The van der Waals surface area contributed by atoms with Crippen molar-refractivity contribution in [2.75, 3.05) is 18.9 Å². The minimum atomic E-state index is -1.63. The number of methoxy groups -OCH3 is 2. The van der Waals surface area contributed by atoms with Crippen molar-refractivity contribution in [1.82, 2.24) is 29.7 Å². The fourth-order valence-electron chi connectivity index (χ4n) is 4.08. The Bertz CT molecular complexity index is 1160. The third-order valence-corrected chi connectivity index (χ3v) is 7.46. The number of hydrogen-bond acceptors (Lipinski definition) is 10. The molecule has 1 fully saturated rings. The highest BCUT2D eigenvalue weighted by atomic mass is 35.5. The molecule has 4 heterocycles. The van der Waals surface area contributed by atoms with Gasteiger partial charge in [-0.1, -0.05) is 17.7 Å². The molecule has 1 saturated heterocycles. The molecule has 4 unspecified atom stereocenters. The van der Waals surface area contributed by atoms with E-state index in [2.05, 4.69) is 43.7 Å². The molecule has 4 rings (SSSR count). The highest BCUT2D eigenvalue weighted by Gasteiger charge is 2.36. The largest absolute Gasteiger partial charge is 0.593 e. The smallest absolute Gasteiger partial charge is 0.266 e. The molecule has 0 bridgehead atoms. The number of pyridine rings is 1. The van der Waals surface area contributed by atoms with E-state index >= 15 is 0 Å². The number of rotatable bonds is 10. The van der Waals surface area contributed by atoms with Crippen LogP contribution in [0.1, 0.15) is 45.5 Å². The first-order chi connectivity index (χ1) is 17.2. The van der Waals surface area contributed by atoms with E-state index in [1.165, 1.54) is 19.5 Å².